The fourth-order valence-electron chi connectivity index (χ4n) is 15.7. The summed E-state index contributed by atoms with van der Waals surface area (Å²) in [6.45, 7) is 28.7. The summed E-state index contributed by atoms with van der Waals surface area (Å²) in [6, 6.07) is 29.0. The third-order valence-electron chi connectivity index (χ3n) is 23.8. The molecule has 4 saturated heterocycles. The average molecular weight is 1970 g/mol. The second kappa shape index (κ2) is 47.6. The minimum atomic E-state index is -1.17. The van der Waals surface area contributed by atoms with Gasteiger partial charge in [-0.1, -0.05) is 87.9 Å². The molecule has 0 radical (unpaired) electrons. The number of piperidine rings is 1. The van der Waals surface area contributed by atoms with E-state index in [9.17, 15) is 42.7 Å². The fourth-order valence-corrected chi connectivity index (χ4v) is 16.2. The molecule has 4 aromatic carbocycles. The number of carbonyl (C=O) groups excluding carboxylic acids is 4. The molecule has 1 unspecified atom stereocenters. The number of nitrogens with zero attached hydrogens (tertiary/aromatic N) is 16. The summed E-state index contributed by atoms with van der Waals surface area (Å²) < 4.78 is 59.8. The number of Topliss-reactive ketones (excluding diaryl/α,β-unsaturated/α-hetero) is 4. The number of aryl methyl sites for hydroxylation is 4. The Kier molecular flexibility index (Phi) is 35.4. The van der Waals surface area contributed by atoms with Crippen molar-refractivity contribution in [1.82, 2.24) is 58.1 Å². The van der Waals surface area contributed by atoms with Gasteiger partial charge in [0.05, 0.1) is 85.0 Å². The van der Waals surface area contributed by atoms with E-state index in [1.807, 2.05) is 105 Å². The van der Waals surface area contributed by atoms with E-state index in [1.54, 1.807) is 98.2 Å². The van der Waals surface area contributed by atoms with Gasteiger partial charge in [-0.25, -0.2) is 24.3 Å². The largest absolute Gasteiger partial charge is 0.480 e. The summed E-state index contributed by atoms with van der Waals surface area (Å²) >= 11 is 25.5. The molecule has 8 aromatic heterocycles. The lowest BCUT2D eigenvalue weighted by Gasteiger charge is -2.34. The van der Waals surface area contributed by atoms with Crippen molar-refractivity contribution in [3.63, 3.8) is 0 Å². The monoisotopic (exact) mass is 1970 g/mol. The highest BCUT2D eigenvalue weighted by atomic mass is 35.5. The summed E-state index contributed by atoms with van der Waals surface area (Å²) in [5, 5.41) is 17.7. The van der Waals surface area contributed by atoms with E-state index in [0.717, 1.165) is 81.1 Å². The molecule has 4 fully saturated rings. The number of anilines is 12. The highest BCUT2D eigenvalue weighted by Gasteiger charge is 2.32. The standard InChI is InChI=1S/2C25H30ClN5O4.C24H27ClFN5O3.C24H28ClN5O4/c2*1-4-18(32)15-35-22-12-16-11-17(7-8-21(16)31(6-3)24(22)33)28-23-20(26)13-27-25(29-23)30-9-10-34-19(5-2)14-30;1-4-17(32)14-34-20-12-15-11-16(5-6-19(15)30(3)22(20)33)28-21-18(25)13-27-23(29-21)31-9-7-24(2,26)8-10-31;1-4-18(31)14-34-21-11-16-10-17(6-7-20(16)30(5-2)23(21)32)27-22-19(25)12-26-24(28-22)29-8-9-33-15(3)13-29/h2*7-8,11-13,19H,4-6,9-10,14-15H2,1-3H3,(H,27,28,29);5-6,11-13H,4,7-10,14H2,1-3H3,(H,27,28,29);6-7,10-12,15H,4-5,8-9,13-14H2,1-3H3,(H,26,27,28)/t19-;;;15-/m1..1/s1. The van der Waals surface area contributed by atoms with E-state index < -0.39 is 5.67 Å². The van der Waals surface area contributed by atoms with Crippen molar-refractivity contribution in [3.05, 3.63) is 183 Å². The molecular weight excluding hydrogens is 1860 g/mol. The predicted octanol–water partition coefficient (Wildman–Crippen LogP) is 16.6. The zero-order chi connectivity index (χ0) is 98.6. The van der Waals surface area contributed by atoms with Gasteiger partial charge >= 0.3 is 0 Å². The van der Waals surface area contributed by atoms with Crippen LogP contribution in [0.4, 0.5) is 74.2 Å². The molecule has 0 bridgehead atoms. The first-order valence-electron chi connectivity index (χ1n) is 46.4. The van der Waals surface area contributed by atoms with Crippen LogP contribution in [0.3, 0.4) is 0 Å². The third-order valence-corrected chi connectivity index (χ3v) is 24.9. The number of carbonyl (C=O) groups is 4. The first kappa shape index (κ1) is 103. The minimum Gasteiger partial charge on any atom is -0.480 e. The van der Waals surface area contributed by atoms with Crippen molar-refractivity contribution >= 4 is 183 Å². The van der Waals surface area contributed by atoms with E-state index in [0.29, 0.717) is 196 Å². The van der Waals surface area contributed by atoms with Crippen LogP contribution < -0.4 is 82.1 Å². The number of pyridine rings is 4. The highest BCUT2D eigenvalue weighted by molar-refractivity contribution is 6.34. The smallest absolute Gasteiger partial charge is 0.293 e. The number of morpholine rings is 3. The molecular formula is C98H115Cl4FN20O15. The van der Waals surface area contributed by atoms with Crippen molar-refractivity contribution in [1.29, 1.82) is 0 Å². The molecule has 16 rings (SSSR count). The number of ketones is 4. The number of fused-ring (bicyclic) bond motifs is 4. The quantitative estimate of drug-likeness (QED) is 0.0297. The first-order chi connectivity index (χ1) is 66.4. The van der Waals surface area contributed by atoms with Gasteiger partial charge in [-0.2, -0.15) is 19.9 Å². The Bertz CT molecular complexity index is 6480. The summed E-state index contributed by atoms with van der Waals surface area (Å²) in [5.41, 5.74) is 3.68. The number of hydrogen-bond donors (Lipinski definition) is 4. The van der Waals surface area contributed by atoms with Crippen LogP contribution in [0, 0.1) is 0 Å². The summed E-state index contributed by atoms with van der Waals surface area (Å²) in [6.07, 6.45) is 10.8. The molecule has 4 N–H and O–H groups in total. The lowest BCUT2D eigenvalue weighted by molar-refractivity contribution is -0.121. The predicted molar refractivity (Wildman–Crippen MR) is 538 cm³/mol. The lowest BCUT2D eigenvalue weighted by Crippen LogP contribution is -2.43. The number of aromatic nitrogens is 12. The van der Waals surface area contributed by atoms with Crippen LogP contribution in [0.2, 0.25) is 20.1 Å². The Morgan fingerprint density at radius 2 is 0.681 bits per heavy atom. The van der Waals surface area contributed by atoms with E-state index in [4.69, 9.17) is 79.6 Å². The van der Waals surface area contributed by atoms with Crippen molar-refractivity contribution in [2.75, 3.05) is 139 Å². The topological polar surface area (TPSA) is 385 Å². The second-order valence-electron chi connectivity index (χ2n) is 33.6. The normalized spacial score (nSPS) is 15.8. The van der Waals surface area contributed by atoms with E-state index in [1.165, 1.54) is 10.8 Å². The second-order valence-corrected chi connectivity index (χ2v) is 35.2. The van der Waals surface area contributed by atoms with Crippen molar-refractivity contribution in [3.8, 4) is 23.0 Å². The van der Waals surface area contributed by atoms with Crippen molar-refractivity contribution in [2.24, 2.45) is 7.05 Å². The molecule has 138 heavy (non-hydrogen) atoms. The van der Waals surface area contributed by atoms with Crippen LogP contribution in [0.1, 0.15) is 128 Å². The lowest BCUT2D eigenvalue weighted by atomic mass is 9.96. The van der Waals surface area contributed by atoms with E-state index in [2.05, 4.69) is 89.7 Å². The Morgan fingerprint density at radius 1 is 0.399 bits per heavy atom. The zero-order valence-electron chi connectivity index (χ0n) is 79.3. The van der Waals surface area contributed by atoms with E-state index in [-0.39, 0.29) is 113 Å². The van der Waals surface area contributed by atoms with Gasteiger partial charge in [0.15, 0.2) is 69.4 Å². The van der Waals surface area contributed by atoms with Gasteiger partial charge in [0.2, 0.25) is 23.8 Å². The maximum absolute atomic E-state index is 14.2. The van der Waals surface area contributed by atoms with Crippen molar-refractivity contribution < 1.29 is 56.7 Å². The van der Waals surface area contributed by atoms with Crippen LogP contribution in [0.5, 0.6) is 23.0 Å². The SMILES string of the molecule is CCC(=O)COc1cc2cc(Nc3nc(N4CCC(C)(F)CC4)ncc3Cl)ccc2n(C)c1=O.CCC(=O)COc1cc2cc(Nc3nc(N4CCOC(CC)C4)ncc3Cl)ccc2n(CC)c1=O.CCC(=O)COc1cc2cc(Nc3nc(N4CCO[C@H](C)C4)ncc3Cl)ccc2n(CC)c1=O.CCC(=O)COc1cc2cc(Nc3nc(N4CCO[C@H](CC)C4)ncc3Cl)ccc2n(CC)c1=O. The molecule has 40 heteroatoms. The Labute approximate surface area is 817 Å². The number of alkyl halides is 1. The van der Waals surface area contributed by atoms with Crippen LogP contribution in [-0.2, 0) is 60.1 Å². The zero-order valence-corrected chi connectivity index (χ0v) is 82.4. The molecule has 0 aliphatic carbocycles. The van der Waals surface area contributed by atoms with Crippen LogP contribution >= 0.6 is 46.4 Å². The number of halogens is 5. The van der Waals surface area contributed by atoms with Gasteiger partial charge in [0.1, 0.15) is 52.2 Å². The number of rotatable bonds is 33. The van der Waals surface area contributed by atoms with Crippen LogP contribution in [-0.4, -0.2) is 204 Å². The van der Waals surface area contributed by atoms with Gasteiger partial charge in [0.25, 0.3) is 22.2 Å². The van der Waals surface area contributed by atoms with Crippen molar-refractivity contribution in [2.45, 2.75) is 171 Å². The Balaban J connectivity index is 0.000000155. The Morgan fingerprint density at radius 3 is 0.978 bits per heavy atom. The molecule has 0 amide bonds. The molecule has 0 saturated carbocycles. The molecule has 35 nitrogen and oxygen atoms in total. The molecule has 0 spiro atoms. The molecule has 12 heterocycles. The Hall–Kier alpha value is -12.7. The molecule has 3 atom stereocenters. The fraction of sp³-hybridized carbons (Fsp3) is 0.429. The average Bonchev–Trinajstić information content (AvgIpc) is 0.785. The van der Waals surface area contributed by atoms with E-state index >= 15 is 0 Å². The number of nitrogens with one attached hydrogen (secondary N) is 4. The minimum absolute atomic E-state index is 0.0669. The molecule has 4 aliphatic heterocycles. The van der Waals surface area contributed by atoms with Gasteiger partial charge in [-0.3, -0.25) is 38.4 Å². The first-order valence-corrected chi connectivity index (χ1v) is 47.9. The van der Waals surface area contributed by atoms with Gasteiger partial charge in [-0.15, -0.1) is 0 Å². The maximum Gasteiger partial charge on any atom is 0.293 e. The molecule has 4 aliphatic rings. The number of benzene rings is 4. The maximum atomic E-state index is 14.2. The number of hydrogen-bond acceptors (Lipinski definition) is 31. The summed E-state index contributed by atoms with van der Waals surface area (Å²) in [7, 11) is 1.65. The van der Waals surface area contributed by atoms with Gasteiger partial charge < -0.3 is 92.3 Å². The molecule has 732 valence electrons. The summed E-state index contributed by atoms with van der Waals surface area (Å²) in [4.78, 5) is 142. The highest BCUT2D eigenvalue weighted by Crippen LogP contribution is 2.36. The summed E-state index contributed by atoms with van der Waals surface area (Å²) in [5.74, 6) is 4.42. The molecule has 12 aromatic rings. The number of ether oxygens (including phenoxy) is 7. The third kappa shape index (κ3) is 25.8. The van der Waals surface area contributed by atoms with Crippen LogP contribution in [0.15, 0.2) is 141 Å². The van der Waals surface area contributed by atoms with Gasteiger partial charge in [0, 0.05) is 149 Å². The van der Waals surface area contributed by atoms with Crippen LogP contribution in [0.25, 0.3) is 43.6 Å². The van der Waals surface area contributed by atoms with Gasteiger partial charge in [-0.05, 0) is 157 Å².